The monoisotopic (exact) mass is 246 g/mol. The fourth-order valence-electron chi connectivity index (χ4n) is 1.91. The van der Waals surface area contributed by atoms with Crippen LogP contribution in [0.3, 0.4) is 0 Å². The van der Waals surface area contributed by atoms with Gasteiger partial charge in [-0.2, -0.15) is 5.26 Å². The molecule has 1 aromatic carbocycles. The van der Waals surface area contributed by atoms with Crippen molar-refractivity contribution < 1.29 is 14.3 Å². The highest BCUT2D eigenvalue weighted by Crippen LogP contribution is 2.30. The van der Waals surface area contributed by atoms with Crippen LogP contribution in [-0.4, -0.2) is 31.8 Å². The SMILES string of the molecule is CCOc1ccccc1N1C(=O)COCC1C#N. The summed E-state index contributed by atoms with van der Waals surface area (Å²) < 4.78 is 10.6. The maximum absolute atomic E-state index is 11.9. The molecule has 18 heavy (non-hydrogen) atoms. The number of nitrogens with zero attached hydrogens (tertiary/aromatic N) is 2. The first kappa shape index (κ1) is 12.4. The van der Waals surface area contributed by atoms with Crippen LogP contribution in [0.4, 0.5) is 5.69 Å². The highest BCUT2D eigenvalue weighted by atomic mass is 16.5. The number of hydrogen-bond donors (Lipinski definition) is 0. The number of amides is 1. The Kier molecular flexibility index (Phi) is 3.80. The van der Waals surface area contributed by atoms with Crippen molar-refractivity contribution in [1.82, 2.24) is 0 Å². The van der Waals surface area contributed by atoms with Crippen LogP contribution >= 0.6 is 0 Å². The van der Waals surface area contributed by atoms with Crippen molar-refractivity contribution in [2.24, 2.45) is 0 Å². The van der Waals surface area contributed by atoms with Crippen LogP contribution in [0, 0.1) is 11.3 Å². The number of anilines is 1. The Bertz CT molecular complexity index is 481. The molecule has 0 N–H and O–H groups in total. The molecule has 0 bridgehead atoms. The summed E-state index contributed by atoms with van der Waals surface area (Å²) in [6.45, 7) is 2.60. The predicted octanol–water partition coefficient (Wildman–Crippen LogP) is 1.34. The summed E-state index contributed by atoms with van der Waals surface area (Å²) in [6.07, 6.45) is 0. The van der Waals surface area contributed by atoms with Crippen molar-refractivity contribution in [3.8, 4) is 11.8 Å². The number of morpholine rings is 1. The molecule has 1 unspecified atom stereocenters. The zero-order valence-electron chi connectivity index (χ0n) is 10.1. The number of hydrogen-bond acceptors (Lipinski definition) is 4. The first-order valence-corrected chi connectivity index (χ1v) is 5.79. The molecular weight excluding hydrogens is 232 g/mol. The number of para-hydroxylation sites is 2. The number of benzene rings is 1. The van der Waals surface area contributed by atoms with Crippen molar-refractivity contribution in [2.45, 2.75) is 13.0 Å². The molecule has 0 aliphatic carbocycles. The lowest BCUT2D eigenvalue weighted by molar-refractivity contribution is -0.126. The molecule has 1 aliphatic rings. The number of rotatable bonds is 3. The van der Waals surface area contributed by atoms with Crippen LogP contribution in [0.15, 0.2) is 24.3 Å². The van der Waals surface area contributed by atoms with E-state index < -0.39 is 6.04 Å². The molecule has 0 saturated carbocycles. The molecule has 1 saturated heterocycles. The Labute approximate surface area is 106 Å². The predicted molar refractivity (Wildman–Crippen MR) is 65.3 cm³/mol. The van der Waals surface area contributed by atoms with E-state index in [4.69, 9.17) is 14.7 Å². The third-order valence-electron chi connectivity index (χ3n) is 2.66. The Morgan fingerprint density at radius 2 is 2.33 bits per heavy atom. The Morgan fingerprint density at radius 1 is 1.56 bits per heavy atom. The van der Waals surface area contributed by atoms with Gasteiger partial charge in [-0.3, -0.25) is 9.69 Å². The fourth-order valence-corrected chi connectivity index (χ4v) is 1.91. The van der Waals surface area contributed by atoms with Gasteiger partial charge in [0.2, 0.25) is 0 Å². The van der Waals surface area contributed by atoms with Crippen LogP contribution in [-0.2, 0) is 9.53 Å². The lowest BCUT2D eigenvalue weighted by Crippen LogP contribution is -2.49. The smallest absolute Gasteiger partial charge is 0.254 e. The van der Waals surface area contributed by atoms with E-state index in [1.807, 2.05) is 19.1 Å². The maximum Gasteiger partial charge on any atom is 0.254 e. The Balaban J connectivity index is 2.39. The van der Waals surface area contributed by atoms with Crippen molar-refractivity contribution >= 4 is 11.6 Å². The molecule has 0 aromatic heterocycles. The Hall–Kier alpha value is -2.06. The normalized spacial score (nSPS) is 19.4. The first-order valence-electron chi connectivity index (χ1n) is 5.79. The van der Waals surface area contributed by atoms with E-state index in [9.17, 15) is 4.79 Å². The van der Waals surface area contributed by atoms with Gasteiger partial charge in [-0.25, -0.2) is 0 Å². The van der Waals surface area contributed by atoms with E-state index in [2.05, 4.69) is 6.07 Å². The molecular formula is C13H14N2O3. The van der Waals surface area contributed by atoms with Crippen LogP contribution < -0.4 is 9.64 Å². The van der Waals surface area contributed by atoms with Gasteiger partial charge in [0.1, 0.15) is 18.4 Å². The number of ether oxygens (including phenoxy) is 2. The molecule has 0 radical (unpaired) electrons. The molecule has 1 aliphatic heterocycles. The molecule has 1 heterocycles. The minimum Gasteiger partial charge on any atom is -0.492 e. The van der Waals surface area contributed by atoms with Gasteiger partial charge in [-0.05, 0) is 19.1 Å². The van der Waals surface area contributed by atoms with Gasteiger partial charge < -0.3 is 9.47 Å². The second-order valence-electron chi connectivity index (χ2n) is 3.82. The molecule has 1 amide bonds. The highest BCUT2D eigenvalue weighted by Gasteiger charge is 2.31. The van der Waals surface area contributed by atoms with Crippen LogP contribution in [0.2, 0.25) is 0 Å². The van der Waals surface area contributed by atoms with E-state index in [0.717, 1.165) is 0 Å². The average molecular weight is 246 g/mol. The summed E-state index contributed by atoms with van der Waals surface area (Å²) in [7, 11) is 0. The zero-order valence-corrected chi connectivity index (χ0v) is 10.1. The summed E-state index contributed by atoms with van der Waals surface area (Å²) in [4.78, 5) is 13.4. The highest BCUT2D eigenvalue weighted by molar-refractivity contribution is 5.97. The summed E-state index contributed by atoms with van der Waals surface area (Å²) in [5, 5.41) is 9.10. The van der Waals surface area contributed by atoms with Gasteiger partial charge in [0, 0.05) is 0 Å². The van der Waals surface area contributed by atoms with Gasteiger partial charge in [-0.15, -0.1) is 0 Å². The molecule has 2 rings (SSSR count). The summed E-state index contributed by atoms with van der Waals surface area (Å²) in [5.74, 6) is 0.385. The van der Waals surface area contributed by atoms with Gasteiger partial charge in [0.15, 0.2) is 0 Å². The number of carbonyl (C=O) groups excluding carboxylic acids is 1. The van der Waals surface area contributed by atoms with E-state index in [-0.39, 0.29) is 19.1 Å². The third-order valence-corrected chi connectivity index (χ3v) is 2.66. The summed E-state index contributed by atoms with van der Waals surface area (Å²) in [6, 6.07) is 8.69. The van der Waals surface area contributed by atoms with Crippen molar-refractivity contribution in [1.29, 1.82) is 5.26 Å². The zero-order chi connectivity index (χ0) is 13.0. The molecule has 0 spiro atoms. The molecule has 1 aromatic rings. The lowest BCUT2D eigenvalue weighted by atomic mass is 10.2. The standard InChI is InChI=1S/C13H14N2O3/c1-2-18-12-6-4-3-5-11(12)15-10(7-14)8-17-9-13(15)16/h3-6,10H,2,8-9H2,1H3. The Morgan fingerprint density at radius 3 is 3.06 bits per heavy atom. The second kappa shape index (κ2) is 5.52. The van der Waals surface area contributed by atoms with Gasteiger partial charge in [0.05, 0.1) is 25.0 Å². The van der Waals surface area contributed by atoms with Crippen LogP contribution in [0.5, 0.6) is 5.75 Å². The molecule has 5 nitrogen and oxygen atoms in total. The van der Waals surface area contributed by atoms with Crippen LogP contribution in [0.1, 0.15) is 6.92 Å². The average Bonchev–Trinajstić information content (AvgIpc) is 2.40. The number of carbonyl (C=O) groups is 1. The quantitative estimate of drug-likeness (QED) is 0.807. The first-order chi connectivity index (χ1) is 8.77. The minimum absolute atomic E-state index is 0.00135. The lowest BCUT2D eigenvalue weighted by Gasteiger charge is -2.32. The van der Waals surface area contributed by atoms with Gasteiger partial charge in [-0.1, -0.05) is 12.1 Å². The largest absolute Gasteiger partial charge is 0.492 e. The van der Waals surface area contributed by atoms with Crippen molar-refractivity contribution in [2.75, 3.05) is 24.7 Å². The van der Waals surface area contributed by atoms with Crippen molar-refractivity contribution in [3.05, 3.63) is 24.3 Å². The fraction of sp³-hybridized carbons (Fsp3) is 0.385. The van der Waals surface area contributed by atoms with E-state index in [0.29, 0.717) is 18.0 Å². The number of nitriles is 1. The summed E-state index contributed by atoms with van der Waals surface area (Å²) in [5.41, 5.74) is 0.624. The van der Waals surface area contributed by atoms with Crippen molar-refractivity contribution in [3.63, 3.8) is 0 Å². The second-order valence-corrected chi connectivity index (χ2v) is 3.82. The molecule has 5 heteroatoms. The molecule has 1 fully saturated rings. The topological polar surface area (TPSA) is 62.6 Å². The van der Waals surface area contributed by atoms with Crippen LogP contribution in [0.25, 0.3) is 0 Å². The van der Waals surface area contributed by atoms with Gasteiger partial charge in [0.25, 0.3) is 5.91 Å². The van der Waals surface area contributed by atoms with E-state index >= 15 is 0 Å². The third kappa shape index (κ3) is 2.29. The minimum atomic E-state index is -0.604. The molecule has 1 atom stereocenters. The van der Waals surface area contributed by atoms with E-state index in [1.165, 1.54) is 4.90 Å². The van der Waals surface area contributed by atoms with E-state index in [1.54, 1.807) is 12.1 Å². The van der Waals surface area contributed by atoms with Gasteiger partial charge >= 0.3 is 0 Å². The molecule has 94 valence electrons. The maximum atomic E-state index is 11.9. The summed E-state index contributed by atoms with van der Waals surface area (Å²) >= 11 is 0.